The van der Waals surface area contributed by atoms with Crippen LogP contribution in [-0.2, 0) is 0 Å². The molecule has 0 spiro atoms. The van der Waals surface area contributed by atoms with E-state index in [0.717, 1.165) is 23.4 Å². The summed E-state index contributed by atoms with van der Waals surface area (Å²) in [5.41, 5.74) is 2.55. The van der Waals surface area contributed by atoms with Gasteiger partial charge in [0.25, 0.3) is 5.91 Å². The van der Waals surface area contributed by atoms with Gasteiger partial charge in [-0.25, -0.2) is 0 Å². The SMILES string of the molecule is CSCCN(C)C(=O)c1ccc(C)c(C#CCCO)c1. The van der Waals surface area contributed by atoms with E-state index < -0.39 is 0 Å². The molecule has 108 valence electrons. The van der Waals surface area contributed by atoms with Crippen molar-refractivity contribution in [1.29, 1.82) is 0 Å². The van der Waals surface area contributed by atoms with Crippen molar-refractivity contribution in [2.24, 2.45) is 0 Å². The maximum atomic E-state index is 12.3. The summed E-state index contributed by atoms with van der Waals surface area (Å²) >= 11 is 1.72. The summed E-state index contributed by atoms with van der Waals surface area (Å²) in [5.74, 6) is 6.85. The summed E-state index contributed by atoms with van der Waals surface area (Å²) in [7, 11) is 1.82. The zero-order chi connectivity index (χ0) is 15.0. The summed E-state index contributed by atoms with van der Waals surface area (Å²) in [5, 5.41) is 8.75. The van der Waals surface area contributed by atoms with Gasteiger partial charge in [0.2, 0.25) is 0 Å². The van der Waals surface area contributed by atoms with Crippen LogP contribution in [0, 0.1) is 18.8 Å². The van der Waals surface area contributed by atoms with Crippen LogP contribution in [0.3, 0.4) is 0 Å². The highest BCUT2D eigenvalue weighted by Crippen LogP contribution is 2.12. The van der Waals surface area contributed by atoms with E-state index in [-0.39, 0.29) is 12.5 Å². The third-order valence-corrected chi connectivity index (χ3v) is 3.51. The molecule has 1 N–H and O–H groups in total. The van der Waals surface area contributed by atoms with Crippen molar-refractivity contribution in [3.05, 3.63) is 34.9 Å². The van der Waals surface area contributed by atoms with Crippen molar-refractivity contribution in [1.82, 2.24) is 4.90 Å². The molecule has 0 aliphatic rings. The summed E-state index contributed by atoms with van der Waals surface area (Å²) < 4.78 is 0. The smallest absolute Gasteiger partial charge is 0.253 e. The number of carbonyl (C=O) groups excluding carboxylic acids is 1. The van der Waals surface area contributed by atoms with E-state index in [1.165, 1.54) is 0 Å². The Morgan fingerprint density at radius 1 is 1.45 bits per heavy atom. The zero-order valence-corrected chi connectivity index (χ0v) is 13.1. The van der Waals surface area contributed by atoms with Gasteiger partial charge in [-0.15, -0.1) is 0 Å². The molecule has 3 nitrogen and oxygen atoms in total. The molecule has 0 saturated carbocycles. The first-order valence-electron chi connectivity index (χ1n) is 6.55. The van der Waals surface area contributed by atoms with Crippen LogP contribution in [-0.4, -0.2) is 48.1 Å². The number of aliphatic hydroxyl groups excluding tert-OH is 1. The first-order chi connectivity index (χ1) is 9.60. The lowest BCUT2D eigenvalue weighted by molar-refractivity contribution is 0.0803. The summed E-state index contributed by atoms with van der Waals surface area (Å²) in [6.45, 7) is 2.76. The number of carbonyl (C=O) groups is 1. The standard InChI is InChI=1S/C16H21NO2S/c1-13-7-8-15(12-14(13)6-4-5-10-18)16(19)17(2)9-11-20-3/h7-8,12,18H,5,9-11H2,1-3H3. The molecule has 0 heterocycles. The molecule has 0 aliphatic heterocycles. The highest BCUT2D eigenvalue weighted by Gasteiger charge is 2.12. The number of benzene rings is 1. The Morgan fingerprint density at radius 2 is 2.20 bits per heavy atom. The lowest BCUT2D eigenvalue weighted by atomic mass is 10.0. The molecule has 0 bridgehead atoms. The fourth-order valence-electron chi connectivity index (χ4n) is 1.65. The van der Waals surface area contributed by atoms with Gasteiger partial charge in [0.15, 0.2) is 0 Å². The Morgan fingerprint density at radius 3 is 2.85 bits per heavy atom. The molecular formula is C16H21NO2S. The molecule has 20 heavy (non-hydrogen) atoms. The Balaban J connectivity index is 2.89. The van der Waals surface area contributed by atoms with E-state index in [2.05, 4.69) is 11.8 Å². The Labute approximate surface area is 125 Å². The van der Waals surface area contributed by atoms with Crippen LogP contribution in [0.4, 0.5) is 0 Å². The van der Waals surface area contributed by atoms with Crippen LogP contribution in [0.25, 0.3) is 0 Å². The molecule has 1 amide bonds. The lowest BCUT2D eigenvalue weighted by Gasteiger charge is -2.17. The Hall–Kier alpha value is -1.44. The van der Waals surface area contributed by atoms with Crippen LogP contribution in [0.1, 0.15) is 27.9 Å². The number of nitrogens with zero attached hydrogens (tertiary/aromatic N) is 1. The quantitative estimate of drug-likeness (QED) is 0.845. The topological polar surface area (TPSA) is 40.5 Å². The fraction of sp³-hybridized carbons (Fsp3) is 0.438. The van der Waals surface area contributed by atoms with Crippen molar-refractivity contribution < 1.29 is 9.90 Å². The summed E-state index contributed by atoms with van der Waals surface area (Å²) in [4.78, 5) is 14.0. The molecular weight excluding hydrogens is 270 g/mol. The van der Waals surface area contributed by atoms with E-state index in [1.807, 2.05) is 38.4 Å². The third-order valence-electron chi connectivity index (χ3n) is 2.92. The number of aryl methyl sites for hydroxylation is 1. The number of hydrogen-bond acceptors (Lipinski definition) is 3. The van der Waals surface area contributed by atoms with Crippen molar-refractivity contribution >= 4 is 17.7 Å². The molecule has 0 radical (unpaired) electrons. The maximum absolute atomic E-state index is 12.3. The van der Waals surface area contributed by atoms with Crippen molar-refractivity contribution in [3.63, 3.8) is 0 Å². The molecule has 4 heteroatoms. The van der Waals surface area contributed by atoms with Crippen molar-refractivity contribution in [2.45, 2.75) is 13.3 Å². The number of hydrogen-bond donors (Lipinski definition) is 1. The number of aliphatic hydroxyl groups is 1. The van der Waals surface area contributed by atoms with E-state index in [1.54, 1.807) is 16.7 Å². The van der Waals surface area contributed by atoms with Crippen molar-refractivity contribution in [3.8, 4) is 11.8 Å². The Bertz CT molecular complexity index is 517. The maximum Gasteiger partial charge on any atom is 0.253 e. The Kier molecular flexibility index (Phi) is 7.21. The van der Waals surface area contributed by atoms with Gasteiger partial charge in [0.1, 0.15) is 0 Å². The summed E-state index contributed by atoms with van der Waals surface area (Å²) in [6, 6.07) is 5.58. The van der Waals surface area contributed by atoms with Gasteiger partial charge in [0, 0.05) is 36.9 Å². The van der Waals surface area contributed by atoms with Gasteiger partial charge in [-0.3, -0.25) is 4.79 Å². The zero-order valence-electron chi connectivity index (χ0n) is 12.3. The highest BCUT2D eigenvalue weighted by molar-refractivity contribution is 7.98. The molecule has 1 aromatic rings. The van der Waals surface area contributed by atoms with Crippen LogP contribution >= 0.6 is 11.8 Å². The van der Waals surface area contributed by atoms with E-state index >= 15 is 0 Å². The highest BCUT2D eigenvalue weighted by atomic mass is 32.2. The van der Waals surface area contributed by atoms with Crippen LogP contribution in [0.15, 0.2) is 18.2 Å². The fourth-order valence-corrected chi connectivity index (χ4v) is 2.11. The second-order valence-corrected chi connectivity index (χ2v) is 5.51. The predicted molar refractivity (Wildman–Crippen MR) is 85.1 cm³/mol. The van der Waals surface area contributed by atoms with Crippen molar-refractivity contribution in [2.75, 3.05) is 32.2 Å². The van der Waals surface area contributed by atoms with Gasteiger partial charge < -0.3 is 10.0 Å². The summed E-state index contributed by atoms with van der Waals surface area (Å²) in [6.07, 6.45) is 2.48. The van der Waals surface area contributed by atoms with Crippen LogP contribution in [0.5, 0.6) is 0 Å². The minimum atomic E-state index is 0.0178. The van der Waals surface area contributed by atoms with Gasteiger partial charge in [-0.05, 0) is 30.9 Å². The average molecular weight is 291 g/mol. The minimum absolute atomic E-state index is 0.0178. The van der Waals surface area contributed by atoms with Gasteiger partial charge in [0.05, 0.1) is 6.61 Å². The molecule has 0 fully saturated rings. The molecule has 1 rings (SSSR count). The van der Waals surface area contributed by atoms with Gasteiger partial charge in [-0.2, -0.15) is 11.8 Å². The largest absolute Gasteiger partial charge is 0.395 e. The third kappa shape index (κ3) is 4.92. The molecule has 1 aromatic carbocycles. The van der Waals surface area contributed by atoms with E-state index in [4.69, 9.17) is 5.11 Å². The second-order valence-electron chi connectivity index (χ2n) is 4.52. The number of amides is 1. The minimum Gasteiger partial charge on any atom is -0.395 e. The van der Waals surface area contributed by atoms with Gasteiger partial charge >= 0.3 is 0 Å². The molecule has 0 unspecified atom stereocenters. The molecule has 0 aliphatic carbocycles. The predicted octanol–water partition coefficient (Wildman–Crippen LogP) is 2.16. The van der Waals surface area contributed by atoms with E-state index in [9.17, 15) is 4.79 Å². The normalized spacial score (nSPS) is 9.80. The molecule has 0 aromatic heterocycles. The molecule has 0 atom stereocenters. The second kappa shape index (κ2) is 8.68. The van der Waals surface area contributed by atoms with Crippen LogP contribution in [0.2, 0.25) is 0 Å². The first-order valence-corrected chi connectivity index (χ1v) is 7.94. The number of thioether (sulfide) groups is 1. The van der Waals surface area contributed by atoms with Gasteiger partial charge in [-0.1, -0.05) is 17.9 Å². The number of rotatable bonds is 5. The average Bonchev–Trinajstić information content (AvgIpc) is 2.46. The first kappa shape index (κ1) is 16.6. The van der Waals surface area contributed by atoms with Crippen LogP contribution < -0.4 is 0 Å². The lowest BCUT2D eigenvalue weighted by Crippen LogP contribution is -2.28. The van der Waals surface area contributed by atoms with E-state index in [0.29, 0.717) is 12.0 Å². The monoisotopic (exact) mass is 291 g/mol. The molecule has 0 saturated heterocycles.